The Bertz CT molecular complexity index is 7250. The van der Waals surface area contributed by atoms with Crippen LogP contribution in [0.5, 0.6) is 0 Å². The maximum atomic E-state index is 2.64. The molecule has 4 heterocycles. The molecule has 5 heteroatoms. The van der Waals surface area contributed by atoms with Crippen LogP contribution >= 0.6 is 23.5 Å². The number of para-hydroxylation sites is 1. The van der Waals surface area contributed by atoms with Crippen molar-refractivity contribution < 1.29 is 0 Å². The van der Waals surface area contributed by atoms with Gasteiger partial charge in [0.25, 0.3) is 0 Å². The van der Waals surface area contributed by atoms with Crippen molar-refractivity contribution in [3.05, 3.63) is 427 Å². The fourth-order valence-electron chi connectivity index (χ4n) is 20.0. The predicted octanol–water partition coefficient (Wildman–Crippen LogP) is 27.8. The van der Waals surface area contributed by atoms with Gasteiger partial charge in [-0.15, -0.1) is 0 Å². The Labute approximate surface area is 638 Å². The molecule has 24 rings (SSSR count). The first-order chi connectivity index (χ1) is 54.1. The fraction of sp³-hybridized carbons (Fsp3) is 0.0192. The number of fused-ring (bicyclic) bond motifs is 31. The van der Waals surface area contributed by atoms with E-state index in [0.29, 0.717) is 0 Å². The van der Waals surface area contributed by atoms with E-state index in [2.05, 4.69) is 396 Å². The van der Waals surface area contributed by atoms with Crippen LogP contribution in [0.25, 0.3) is 132 Å². The normalized spacial score (nSPS) is 14.6. The van der Waals surface area contributed by atoms with E-state index in [1.165, 1.54) is 185 Å². The molecule has 2 aliphatic carbocycles. The lowest BCUT2D eigenvalue weighted by atomic mass is 9.67. The predicted molar refractivity (Wildman–Crippen MR) is 456 cm³/mol. The number of benzene rings is 18. The molecule has 0 bridgehead atoms. The van der Waals surface area contributed by atoms with Crippen molar-refractivity contribution in [1.82, 2.24) is 9.13 Å². The summed E-state index contributed by atoms with van der Waals surface area (Å²) in [5, 5.41) is 12.4. The van der Waals surface area contributed by atoms with Gasteiger partial charge in [0.2, 0.25) is 0 Å². The van der Waals surface area contributed by atoms with Crippen LogP contribution in [0.15, 0.2) is 402 Å². The molecule has 3 nitrogen and oxygen atoms in total. The van der Waals surface area contributed by atoms with Gasteiger partial charge in [0.15, 0.2) is 0 Å². The van der Waals surface area contributed by atoms with Gasteiger partial charge in [-0.3, -0.25) is 0 Å². The van der Waals surface area contributed by atoms with Crippen LogP contribution in [0.1, 0.15) is 44.5 Å². The third-order valence-electron chi connectivity index (χ3n) is 24.4. The molecule has 0 saturated heterocycles. The zero-order chi connectivity index (χ0) is 71.2. The average molecular weight is 1420 g/mol. The molecule has 0 amide bonds. The van der Waals surface area contributed by atoms with Crippen molar-refractivity contribution in [2.75, 3.05) is 4.90 Å². The summed E-state index contributed by atoms with van der Waals surface area (Å²) in [6.07, 6.45) is 0. The van der Waals surface area contributed by atoms with E-state index in [1.54, 1.807) is 0 Å². The van der Waals surface area contributed by atoms with Crippen LogP contribution in [-0.4, -0.2) is 9.13 Å². The first-order valence-electron chi connectivity index (χ1n) is 37.7. The van der Waals surface area contributed by atoms with Gasteiger partial charge in [0.05, 0.1) is 38.6 Å². The van der Waals surface area contributed by atoms with Crippen molar-refractivity contribution in [2.24, 2.45) is 0 Å². The Hall–Kier alpha value is -13.2. The van der Waals surface area contributed by atoms with Crippen LogP contribution in [0.4, 0.5) is 17.1 Å². The molecule has 109 heavy (non-hydrogen) atoms. The Kier molecular flexibility index (Phi) is 13.0. The topological polar surface area (TPSA) is 13.1 Å². The maximum Gasteiger partial charge on any atom is 0.0736 e. The van der Waals surface area contributed by atoms with Crippen LogP contribution in [0.3, 0.4) is 0 Å². The monoisotopic (exact) mass is 1420 g/mol. The zero-order valence-corrected chi connectivity index (χ0v) is 60.7. The summed E-state index contributed by atoms with van der Waals surface area (Å²) in [5.74, 6) is 0. The first kappa shape index (κ1) is 61.0. The summed E-state index contributed by atoms with van der Waals surface area (Å²) in [4.78, 5) is 7.49. The molecule has 2 aliphatic heterocycles. The van der Waals surface area contributed by atoms with Crippen LogP contribution in [-0.2, 0) is 10.8 Å². The maximum absolute atomic E-state index is 2.64. The minimum absolute atomic E-state index is 0.525. The summed E-state index contributed by atoms with van der Waals surface area (Å²) in [6, 6.07) is 145. The van der Waals surface area contributed by atoms with E-state index in [9.17, 15) is 0 Å². The molecular formula is C104H63N3S2. The molecule has 20 aromatic rings. The summed E-state index contributed by atoms with van der Waals surface area (Å²) in [6.45, 7) is 0. The Morgan fingerprint density at radius 1 is 0.248 bits per heavy atom. The third-order valence-corrected chi connectivity index (χ3v) is 26.8. The Morgan fingerprint density at radius 3 is 1.30 bits per heavy atom. The van der Waals surface area contributed by atoms with Gasteiger partial charge in [-0.1, -0.05) is 321 Å². The van der Waals surface area contributed by atoms with Crippen LogP contribution in [0.2, 0.25) is 0 Å². The molecule has 0 radical (unpaired) electrons. The van der Waals surface area contributed by atoms with Crippen molar-refractivity contribution in [2.45, 2.75) is 30.4 Å². The number of aromatic nitrogens is 2. The Morgan fingerprint density at radius 2 is 0.679 bits per heavy atom. The van der Waals surface area contributed by atoms with Gasteiger partial charge in [-0.2, -0.15) is 0 Å². The highest BCUT2D eigenvalue weighted by molar-refractivity contribution is 8.00. The third kappa shape index (κ3) is 8.35. The number of anilines is 3. The standard InChI is InChI=1S/C104H63N3S2/c1-3-23-64(24-4-1)65-45-50-71(51-46-65)105(70-28-5-2-6-29-70)72-52-54-73(55-53-72)106-92-61-48-66-25-7-9-30-75(66)97(92)81-57-60-90-101(99(81)106)108-95-44-20-18-40-87(95)104(90)85-38-16-13-34-80(85)96-77(35-22-41-88(96)104)69-47-56-74-68(63-69)27-21-42-91(74)107-93-62-49-67-26-8-10-31-76(67)98(93)82-58-59-89-102(100(82)107)109-94-43-19-17-39-86(94)103(89)83-36-14-11-32-78(83)79-33-12-15-37-84(79)103/h1-63H. The highest BCUT2D eigenvalue weighted by Gasteiger charge is 2.53. The quantitative estimate of drug-likeness (QED) is 0.158. The van der Waals surface area contributed by atoms with E-state index < -0.39 is 10.8 Å². The molecule has 506 valence electrons. The molecule has 2 spiro atoms. The van der Waals surface area contributed by atoms with Crippen LogP contribution < -0.4 is 4.90 Å². The van der Waals surface area contributed by atoms with Crippen molar-refractivity contribution >= 4 is 117 Å². The summed E-state index contributed by atoms with van der Waals surface area (Å²) in [7, 11) is 0. The molecule has 1 atom stereocenters. The fourth-order valence-corrected chi connectivity index (χ4v) is 22.7. The second-order valence-electron chi connectivity index (χ2n) is 29.6. The Balaban J connectivity index is 0.696. The van der Waals surface area contributed by atoms with E-state index in [4.69, 9.17) is 0 Å². The van der Waals surface area contributed by atoms with E-state index in [1.807, 2.05) is 23.5 Å². The first-order valence-corrected chi connectivity index (χ1v) is 39.3. The molecular weight excluding hydrogens is 1360 g/mol. The summed E-state index contributed by atoms with van der Waals surface area (Å²) in [5.41, 5.74) is 29.7. The van der Waals surface area contributed by atoms with Gasteiger partial charge in [0, 0.05) is 69.3 Å². The zero-order valence-electron chi connectivity index (χ0n) is 59.0. The highest BCUT2D eigenvalue weighted by Crippen LogP contribution is 2.67. The summed E-state index contributed by atoms with van der Waals surface area (Å²) < 4.78 is 5.21. The van der Waals surface area contributed by atoms with E-state index in [0.717, 1.165) is 28.4 Å². The molecule has 0 fully saturated rings. The second-order valence-corrected chi connectivity index (χ2v) is 31.7. The number of nitrogens with zero attached hydrogens (tertiary/aromatic N) is 3. The SMILES string of the molecule is c1ccc(-c2ccc(N(c3ccccc3)c3ccc(-n4c5ccc6ccccc6c5c5ccc6c(c54)Sc4ccccc4C64c5ccccc5-c5c(-c6ccc7c(-n8c9ccc%10ccccc%10c9c9ccc%10c(c98)Sc8ccccc8C%108c9ccccc9-c9ccccc98)cccc7c6)cccc54)cc3)cc2)cc1. The van der Waals surface area contributed by atoms with Gasteiger partial charge >= 0.3 is 0 Å². The van der Waals surface area contributed by atoms with Gasteiger partial charge in [-0.25, -0.2) is 0 Å². The van der Waals surface area contributed by atoms with Crippen molar-refractivity contribution in [3.8, 4) is 55.9 Å². The molecule has 2 aromatic heterocycles. The largest absolute Gasteiger partial charge is 0.311 e. The number of hydrogen-bond donors (Lipinski definition) is 0. The van der Waals surface area contributed by atoms with E-state index >= 15 is 0 Å². The molecule has 18 aromatic carbocycles. The molecule has 1 unspecified atom stereocenters. The second kappa shape index (κ2) is 23.2. The number of rotatable bonds is 7. The van der Waals surface area contributed by atoms with Gasteiger partial charge in [-0.05, 0) is 201 Å². The molecule has 4 aliphatic rings. The lowest BCUT2D eigenvalue weighted by Gasteiger charge is -2.40. The van der Waals surface area contributed by atoms with Crippen molar-refractivity contribution in [3.63, 3.8) is 0 Å². The number of hydrogen-bond acceptors (Lipinski definition) is 3. The van der Waals surface area contributed by atoms with Crippen LogP contribution in [0, 0.1) is 0 Å². The minimum Gasteiger partial charge on any atom is -0.311 e. The smallest absolute Gasteiger partial charge is 0.0736 e. The van der Waals surface area contributed by atoms with Crippen molar-refractivity contribution in [1.29, 1.82) is 0 Å². The van der Waals surface area contributed by atoms with Gasteiger partial charge < -0.3 is 14.0 Å². The summed E-state index contributed by atoms with van der Waals surface area (Å²) >= 11 is 3.87. The molecule has 0 saturated carbocycles. The van der Waals surface area contributed by atoms with Gasteiger partial charge in [0.1, 0.15) is 0 Å². The van der Waals surface area contributed by atoms with E-state index in [-0.39, 0.29) is 0 Å². The minimum atomic E-state index is -0.670. The lowest BCUT2D eigenvalue weighted by molar-refractivity contribution is 0.724. The lowest BCUT2D eigenvalue weighted by Crippen LogP contribution is -2.32. The molecule has 0 N–H and O–H groups in total. The highest BCUT2D eigenvalue weighted by atomic mass is 32.2. The average Bonchev–Trinajstić information content (AvgIpc) is 1.52.